The fourth-order valence-corrected chi connectivity index (χ4v) is 2.57. The first kappa shape index (κ1) is 16.6. The van der Waals surface area contributed by atoms with Crippen LogP contribution in [0.2, 0.25) is 0 Å². The highest BCUT2D eigenvalue weighted by atomic mass is 79.9. The Morgan fingerprint density at radius 2 is 1.62 bits per heavy atom. The zero-order chi connectivity index (χ0) is 17.5. The second-order valence-corrected chi connectivity index (χ2v) is 6.10. The van der Waals surface area contributed by atoms with Gasteiger partial charge in [-0.15, -0.1) is 0 Å². The van der Waals surface area contributed by atoms with Crippen LogP contribution in [-0.2, 0) is 6.18 Å². The van der Waals surface area contributed by atoms with Crippen LogP contribution in [0.1, 0.15) is 5.76 Å². The molecule has 3 rings (SSSR count). The van der Waals surface area contributed by atoms with Crippen molar-refractivity contribution in [2.45, 2.75) is 6.18 Å². The van der Waals surface area contributed by atoms with Crippen molar-refractivity contribution in [3.05, 3.63) is 69.0 Å². The fourth-order valence-electron chi connectivity index (χ4n) is 2.31. The molecular weight excluding hydrogens is 387 g/mol. The second kappa shape index (κ2) is 5.98. The molecule has 0 saturated heterocycles. The lowest BCUT2D eigenvalue weighted by atomic mass is 10.1. The van der Waals surface area contributed by atoms with Crippen LogP contribution < -0.4 is 10.3 Å². The standard InChI is InChI=1S/C17H11BrF3NO2/c1-22(11-4-2-10(18)3-5-11)12-6-7-13-14(23)9-16(17(19,20)21)24-15(13)8-12/h2-9H,1H3. The minimum atomic E-state index is -4.71. The number of anilines is 2. The average Bonchev–Trinajstić information content (AvgIpc) is 2.53. The zero-order valence-electron chi connectivity index (χ0n) is 12.4. The van der Waals surface area contributed by atoms with E-state index in [4.69, 9.17) is 4.42 Å². The lowest BCUT2D eigenvalue weighted by molar-refractivity contribution is -0.152. The molecule has 0 aliphatic rings. The summed E-state index contributed by atoms with van der Waals surface area (Å²) in [7, 11) is 1.77. The molecule has 7 heteroatoms. The van der Waals surface area contributed by atoms with Crippen molar-refractivity contribution < 1.29 is 17.6 Å². The van der Waals surface area contributed by atoms with E-state index in [0.717, 1.165) is 10.2 Å². The number of rotatable bonds is 2. The molecule has 0 atom stereocenters. The van der Waals surface area contributed by atoms with Crippen LogP contribution in [0.25, 0.3) is 11.0 Å². The third kappa shape index (κ3) is 3.17. The van der Waals surface area contributed by atoms with Gasteiger partial charge < -0.3 is 9.32 Å². The quantitative estimate of drug-likeness (QED) is 0.584. The van der Waals surface area contributed by atoms with Crippen molar-refractivity contribution in [1.82, 2.24) is 0 Å². The van der Waals surface area contributed by atoms with Crippen LogP contribution in [0.5, 0.6) is 0 Å². The Morgan fingerprint density at radius 3 is 2.25 bits per heavy atom. The predicted octanol–water partition coefficient (Wildman–Crippen LogP) is 5.34. The minimum Gasteiger partial charge on any atom is -0.451 e. The summed E-state index contributed by atoms with van der Waals surface area (Å²) in [5.74, 6) is -1.30. The van der Waals surface area contributed by atoms with Crippen LogP contribution >= 0.6 is 15.9 Å². The predicted molar refractivity (Wildman–Crippen MR) is 89.7 cm³/mol. The maximum atomic E-state index is 12.8. The number of hydrogen-bond acceptors (Lipinski definition) is 3. The number of benzene rings is 2. The Kier molecular flexibility index (Phi) is 4.13. The highest BCUT2D eigenvalue weighted by Gasteiger charge is 2.34. The lowest BCUT2D eigenvalue weighted by Gasteiger charge is -2.20. The molecule has 0 fully saturated rings. The maximum absolute atomic E-state index is 12.8. The SMILES string of the molecule is CN(c1ccc(Br)cc1)c1ccc2c(=O)cc(C(F)(F)F)oc2c1. The molecule has 0 unspecified atom stereocenters. The Hall–Kier alpha value is -2.28. The monoisotopic (exact) mass is 397 g/mol. The van der Waals surface area contributed by atoms with Gasteiger partial charge in [-0.05, 0) is 36.4 Å². The van der Waals surface area contributed by atoms with E-state index < -0.39 is 17.4 Å². The number of nitrogens with zero attached hydrogens (tertiary/aromatic N) is 1. The molecule has 1 aromatic heterocycles. The van der Waals surface area contributed by atoms with Crippen molar-refractivity contribution in [3.8, 4) is 0 Å². The van der Waals surface area contributed by atoms with E-state index in [1.807, 2.05) is 24.3 Å². The highest BCUT2D eigenvalue weighted by Crippen LogP contribution is 2.32. The molecule has 0 saturated carbocycles. The Labute approximate surface area is 143 Å². The van der Waals surface area contributed by atoms with Crippen LogP contribution in [-0.4, -0.2) is 7.05 Å². The molecule has 0 spiro atoms. The van der Waals surface area contributed by atoms with E-state index >= 15 is 0 Å². The summed E-state index contributed by atoms with van der Waals surface area (Å²) in [6.07, 6.45) is -4.71. The van der Waals surface area contributed by atoms with Crippen molar-refractivity contribution in [3.63, 3.8) is 0 Å². The molecule has 3 nitrogen and oxygen atoms in total. The molecule has 24 heavy (non-hydrogen) atoms. The summed E-state index contributed by atoms with van der Waals surface area (Å²) in [6, 6.07) is 12.5. The van der Waals surface area contributed by atoms with E-state index in [9.17, 15) is 18.0 Å². The number of alkyl halides is 3. The first-order valence-corrected chi connectivity index (χ1v) is 7.69. The summed E-state index contributed by atoms with van der Waals surface area (Å²) < 4.78 is 44.2. The van der Waals surface area contributed by atoms with Gasteiger partial charge in [-0.1, -0.05) is 15.9 Å². The molecule has 0 radical (unpaired) electrons. The highest BCUT2D eigenvalue weighted by molar-refractivity contribution is 9.10. The molecule has 0 aliphatic carbocycles. The van der Waals surface area contributed by atoms with E-state index in [-0.39, 0.29) is 11.0 Å². The van der Waals surface area contributed by atoms with Gasteiger partial charge in [-0.25, -0.2) is 0 Å². The molecule has 3 aromatic rings. The maximum Gasteiger partial charge on any atom is 0.449 e. The van der Waals surface area contributed by atoms with Gasteiger partial charge in [-0.2, -0.15) is 13.2 Å². The van der Waals surface area contributed by atoms with Crippen LogP contribution in [0.3, 0.4) is 0 Å². The van der Waals surface area contributed by atoms with E-state index in [1.165, 1.54) is 12.1 Å². The normalized spacial score (nSPS) is 11.7. The van der Waals surface area contributed by atoms with Gasteiger partial charge >= 0.3 is 6.18 Å². The molecule has 124 valence electrons. The topological polar surface area (TPSA) is 33.5 Å². The smallest absolute Gasteiger partial charge is 0.449 e. The summed E-state index contributed by atoms with van der Waals surface area (Å²) >= 11 is 3.34. The molecular formula is C17H11BrF3NO2. The summed E-state index contributed by atoms with van der Waals surface area (Å²) in [4.78, 5) is 13.6. The van der Waals surface area contributed by atoms with E-state index in [1.54, 1.807) is 18.0 Å². The fraction of sp³-hybridized carbons (Fsp3) is 0.118. The van der Waals surface area contributed by atoms with Crippen molar-refractivity contribution in [2.75, 3.05) is 11.9 Å². The van der Waals surface area contributed by atoms with Gasteiger partial charge in [-0.3, -0.25) is 4.79 Å². The van der Waals surface area contributed by atoms with Crippen LogP contribution in [0.4, 0.5) is 24.5 Å². The summed E-state index contributed by atoms with van der Waals surface area (Å²) in [5, 5.41) is 0.107. The number of hydrogen-bond donors (Lipinski definition) is 0. The van der Waals surface area contributed by atoms with Gasteiger partial charge in [0.1, 0.15) is 5.58 Å². The van der Waals surface area contributed by atoms with E-state index in [0.29, 0.717) is 11.8 Å². The van der Waals surface area contributed by atoms with E-state index in [2.05, 4.69) is 15.9 Å². The Morgan fingerprint density at radius 1 is 1.00 bits per heavy atom. The van der Waals surface area contributed by atoms with Gasteiger partial charge in [0.2, 0.25) is 5.76 Å². The Balaban J connectivity index is 2.10. The third-order valence-electron chi connectivity index (χ3n) is 3.59. The largest absolute Gasteiger partial charge is 0.451 e. The molecule has 0 bridgehead atoms. The Bertz CT molecular complexity index is 949. The third-order valence-corrected chi connectivity index (χ3v) is 4.12. The number of halogens is 4. The zero-order valence-corrected chi connectivity index (χ0v) is 14.0. The van der Waals surface area contributed by atoms with Crippen molar-refractivity contribution in [1.29, 1.82) is 0 Å². The molecule has 0 amide bonds. The molecule has 0 aliphatic heterocycles. The van der Waals surface area contributed by atoms with Crippen LogP contribution in [0, 0.1) is 0 Å². The van der Waals surface area contributed by atoms with Crippen molar-refractivity contribution in [2.24, 2.45) is 0 Å². The van der Waals surface area contributed by atoms with Crippen molar-refractivity contribution >= 4 is 38.3 Å². The second-order valence-electron chi connectivity index (χ2n) is 5.19. The lowest BCUT2D eigenvalue weighted by Crippen LogP contribution is -2.12. The van der Waals surface area contributed by atoms with Gasteiger partial charge in [0.25, 0.3) is 0 Å². The summed E-state index contributed by atoms with van der Waals surface area (Å²) in [5.41, 5.74) is 0.622. The number of fused-ring (bicyclic) bond motifs is 1. The van der Waals surface area contributed by atoms with Gasteiger partial charge in [0, 0.05) is 35.0 Å². The molecule has 2 aromatic carbocycles. The minimum absolute atomic E-state index is 0.101. The average molecular weight is 398 g/mol. The molecule has 1 heterocycles. The van der Waals surface area contributed by atoms with Crippen LogP contribution in [0.15, 0.2) is 62.2 Å². The summed E-state index contributed by atoms with van der Waals surface area (Å²) in [6.45, 7) is 0. The molecule has 0 N–H and O–H groups in total. The first-order chi connectivity index (χ1) is 11.3. The first-order valence-electron chi connectivity index (χ1n) is 6.90. The van der Waals surface area contributed by atoms with Gasteiger partial charge in [0.05, 0.1) is 5.39 Å². The van der Waals surface area contributed by atoms with Gasteiger partial charge in [0.15, 0.2) is 5.43 Å².